The molecule has 6 heteroatoms. The first kappa shape index (κ1) is 16.3. The van der Waals surface area contributed by atoms with Gasteiger partial charge in [-0.05, 0) is 48.5 Å². The molecule has 2 aromatic carbocycles. The monoisotopic (exact) mass is 332 g/mol. The van der Waals surface area contributed by atoms with Crippen LogP contribution in [0, 0.1) is 11.3 Å². The molecule has 0 saturated carbocycles. The van der Waals surface area contributed by atoms with Crippen LogP contribution >= 0.6 is 0 Å². The van der Waals surface area contributed by atoms with Crippen LogP contribution in [-0.4, -0.2) is 24.2 Å². The zero-order chi connectivity index (χ0) is 17.8. The summed E-state index contributed by atoms with van der Waals surface area (Å²) < 4.78 is 10.3. The summed E-state index contributed by atoms with van der Waals surface area (Å²) in [6, 6.07) is 16.7. The normalized spacial score (nSPS) is 10.1. The first-order chi connectivity index (χ1) is 12.2. The molecule has 2 N–H and O–H groups in total. The van der Waals surface area contributed by atoms with Crippen LogP contribution in [0.5, 0.6) is 11.5 Å². The van der Waals surface area contributed by atoms with Crippen LogP contribution in [-0.2, 0) is 0 Å². The van der Waals surface area contributed by atoms with Gasteiger partial charge in [-0.25, -0.2) is 9.97 Å². The highest BCUT2D eigenvalue weighted by molar-refractivity contribution is 5.75. The highest BCUT2D eigenvalue weighted by atomic mass is 16.5. The molecule has 0 spiro atoms. The van der Waals surface area contributed by atoms with E-state index in [-0.39, 0.29) is 11.4 Å². The molecule has 0 atom stereocenters. The molecule has 6 nitrogen and oxygen atoms in total. The fourth-order valence-corrected chi connectivity index (χ4v) is 2.42. The highest BCUT2D eigenvalue weighted by Crippen LogP contribution is 2.29. The molecular weight excluding hydrogens is 316 g/mol. The van der Waals surface area contributed by atoms with Crippen LogP contribution in [0.3, 0.4) is 0 Å². The molecule has 0 fully saturated rings. The third-order valence-corrected chi connectivity index (χ3v) is 3.76. The third kappa shape index (κ3) is 3.21. The summed E-state index contributed by atoms with van der Waals surface area (Å²) >= 11 is 0. The number of methoxy groups -OCH3 is 2. The van der Waals surface area contributed by atoms with Gasteiger partial charge in [0.2, 0.25) is 0 Å². The van der Waals surface area contributed by atoms with E-state index in [2.05, 4.69) is 16.0 Å². The van der Waals surface area contributed by atoms with Crippen molar-refractivity contribution < 1.29 is 9.47 Å². The van der Waals surface area contributed by atoms with Crippen LogP contribution < -0.4 is 15.2 Å². The van der Waals surface area contributed by atoms with Crippen LogP contribution in [0.25, 0.3) is 22.6 Å². The van der Waals surface area contributed by atoms with Gasteiger partial charge in [-0.15, -0.1) is 0 Å². The Morgan fingerprint density at radius 3 is 1.84 bits per heavy atom. The molecule has 1 aromatic heterocycles. The summed E-state index contributed by atoms with van der Waals surface area (Å²) in [6.45, 7) is 0. The Morgan fingerprint density at radius 1 is 0.840 bits per heavy atom. The molecule has 0 radical (unpaired) electrons. The summed E-state index contributed by atoms with van der Waals surface area (Å²) in [4.78, 5) is 8.83. The lowest BCUT2D eigenvalue weighted by Crippen LogP contribution is -2.03. The Kier molecular flexibility index (Phi) is 4.48. The first-order valence-corrected chi connectivity index (χ1v) is 7.52. The number of hydrogen-bond donors (Lipinski definition) is 1. The van der Waals surface area contributed by atoms with Gasteiger partial charge in [-0.3, -0.25) is 0 Å². The van der Waals surface area contributed by atoms with E-state index in [1.807, 2.05) is 48.5 Å². The van der Waals surface area contributed by atoms with Crippen molar-refractivity contribution in [3.05, 3.63) is 54.1 Å². The van der Waals surface area contributed by atoms with Gasteiger partial charge in [0, 0.05) is 11.1 Å². The second-order valence-corrected chi connectivity index (χ2v) is 5.22. The molecule has 3 rings (SSSR count). The number of nitrogens with zero attached hydrogens (tertiary/aromatic N) is 3. The van der Waals surface area contributed by atoms with E-state index < -0.39 is 0 Å². The van der Waals surface area contributed by atoms with Crippen molar-refractivity contribution in [1.29, 1.82) is 5.26 Å². The number of nitrogens with two attached hydrogens (primary N) is 1. The van der Waals surface area contributed by atoms with E-state index in [0.29, 0.717) is 11.5 Å². The number of aromatic nitrogens is 2. The average Bonchev–Trinajstić information content (AvgIpc) is 2.67. The van der Waals surface area contributed by atoms with Crippen molar-refractivity contribution in [3.63, 3.8) is 0 Å². The number of ether oxygens (including phenoxy) is 2. The van der Waals surface area contributed by atoms with Gasteiger partial charge in [0.15, 0.2) is 5.82 Å². The van der Waals surface area contributed by atoms with E-state index in [9.17, 15) is 5.26 Å². The number of hydrogen-bond acceptors (Lipinski definition) is 6. The van der Waals surface area contributed by atoms with Crippen molar-refractivity contribution in [2.24, 2.45) is 0 Å². The van der Waals surface area contributed by atoms with E-state index in [0.717, 1.165) is 22.6 Å². The van der Waals surface area contributed by atoms with Crippen molar-refractivity contribution in [2.45, 2.75) is 0 Å². The maximum Gasteiger partial charge on any atom is 0.162 e. The Morgan fingerprint density at radius 2 is 1.36 bits per heavy atom. The van der Waals surface area contributed by atoms with Crippen molar-refractivity contribution >= 4 is 5.82 Å². The average molecular weight is 332 g/mol. The molecule has 0 bridgehead atoms. The predicted octanol–water partition coefficient (Wildman–Crippen LogP) is 3.28. The topological polar surface area (TPSA) is 94.1 Å². The number of nitrogen functional groups attached to an aromatic ring is 1. The highest BCUT2D eigenvalue weighted by Gasteiger charge is 2.15. The summed E-state index contributed by atoms with van der Waals surface area (Å²) in [5.74, 6) is 2.06. The summed E-state index contributed by atoms with van der Waals surface area (Å²) in [6.07, 6.45) is 0. The van der Waals surface area contributed by atoms with Gasteiger partial charge >= 0.3 is 0 Å². The van der Waals surface area contributed by atoms with E-state index in [1.165, 1.54) is 0 Å². The van der Waals surface area contributed by atoms with E-state index in [4.69, 9.17) is 15.2 Å². The minimum Gasteiger partial charge on any atom is -0.497 e. The van der Waals surface area contributed by atoms with E-state index in [1.54, 1.807) is 14.2 Å². The molecule has 1 heterocycles. The lowest BCUT2D eigenvalue weighted by atomic mass is 10.1. The molecule has 25 heavy (non-hydrogen) atoms. The SMILES string of the molecule is COc1ccc(-c2nc(N)c(C#N)c(-c3ccc(OC)cc3)n2)cc1. The second-order valence-electron chi connectivity index (χ2n) is 5.22. The fraction of sp³-hybridized carbons (Fsp3) is 0.105. The predicted molar refractivity (Wildman–Crippen MR) is 95.1 cm³/mol. The van der Waals surface area contributed by atoms with Gasteiger partial charge in [0.05, 0.1) is 19.9 Å². The number of rotatable bonds is 4. The van der Waals surface area contributed by atoms with Crippen molar-refractivity contribution in [1.82, 2.24) is 9.97 Å². The van der Waals surface area contributed by atoms with Crippen LogP contribution in [0.1, 0.15) is 5.56 Å². The molecule has 0 aliphatic heterocycles. The van der Waals surface area contributed by atoms with Crippen LogP contribution in [0.15, 0.2) is 48.5 Å². The summed E-state index contributed by atoms with van der Waals surface area (Å²) in [7, 11) is 3.20. The fourth-order valence-electron chi connectivity index (χ4n) is 2.42. The van der Waals surface area contributed by atoms with Crippen LogP contribution in [0.4, 0.5) is 5.82 Å². The van der Waals surface area contributed by atoms with Crippen molar-refractivity contribution in [3.8, 4) is 40.2 Å². The summed E-state index contributed by atoms with van der Waals surface area (Å²) in [5.41, 5.74) is 8.29. The summed E-state index contributed by atoms with van der Waals surface area (Å²) in [5, 5.41) is 9.44. The van der Waals surface area contributed by atoms with Crippen LogP contribution in [0.2, 0.25) is 0 Å². The first-order valence-electron chi connectivity index (χ1n) is 7.52. The Bertz CT molecular complexity index is 929. The van der Waals surface area contributed by atoms with Gasteiger partial charge in [0.1, 0.15) is 28.9 Å². The molecule has 0 aliphatic rings. The Labute approximate surface area is 145 Å². The second kappa shape index (κ2) is 6.89. The minimum atomic E-state index is 0.147. The maximum atomic E-state index is 9.44. The number of nitriles is 1. The minimum absolute atomic E-state index is 0.147. The van der Waals surface area contributed by atoms with Gasteiger partial charge in [-0.2, -0.15) is 5.26 Å². The third-order valence-electron chi connectivity index (χ3n) is 3.76. The molecule has 0 amide bonds. The van der Waals surface area contributed by atoms with Gasteiger partial charge in [0.25, 0.3) is 0 Å². The zero-order valence-electron chi connectivity index (χ0n) is 13.9. The molecule has 0 unspecified atom stereocenters. The quantitative estimate of drug-likeness (QED) is 0.788. The lowest BCUT2D eigenvalue weighted by molar-refractivity contribution is 0.415. The van der Waals surface area contributed by atoms with Gasteiger partial charge in [-0.1, -0.05) is 0 Å². The Hall–Kier alpha value is -3.59. The van der Waals surface area contributed by atoms with E-state index >= 15 is 0 Å². The molecular formula is C19H16N4O2. The van der Waals surface area contributed by atoms with Crippen molar-refractivity contribution in [2.75, 3.05) is 20.0 Å². The lowest BCUT2D eigenvalue weighted by Gasteiger charge is -2.10. The number of benzene rings is 2. The molecule has 0 saturated heterocycles. The maximum absolute atomic E-state index is 9.44. The van der Waals surface area contributed by atoms with Gasteiger partial charge < -0.3 is 15.2 Å². The Balaban J connectivity index is 2.12. The standard InChI is InChI=1S/C19H16N4O2/c1-24-14-7-3-12(4-8-14)17-16(11-20)18(21)23-19(22-17)13-5-9-15(25-2)10-6-13/h3-10H,1-2H3,(H2,21,22,23). The smallest absolute Gasteiger partial charge is 0.162 e. The number of anilines is 1. The molecule has 3 aromatic rings. The largest absolute Gasteiger partial charge is 0.497 e. The molecule has 0 aliphatic carbocycles. The zero-order valence-corrected chi connectivity index (χ0v) is 13.9. The molecule has 124 valence electrons.